The predicted molar refractivity (Wildman–Crippen MR) is 131 cm³/mol. The van der Waals surface area contributed by atoms with Crippen LogP contribution in [0, 0.1) is 0 Å². The minimum Gasteiger partial charge on any atom is -0.300 e. The summed E-state index contributed by atoms with van der Waals surface area (Å²) in [7, 11) is 0. The minimum absolute atomic E-state index is 0.127. The Labute approximate surface area is 193 Å². The largest absolute Gasteiger partial charge is 0.300 e. The molecular weight excluding hydrogens is 410 g/mol. The van der Waals surface area contributed by atoms with Crippen molar-refractivity contribution in [1.29, 1.82) is 0 Å². The van der Waals surface area contributed by atoms with Crippen molar-refractivity contribution in [3.8, 4) is 0 Å². The van der Waals surface area contributed by atoms with Gasteiger partial charge in [0, 0.05) is 25.0 Å². The molecule has 1 heterocycles. The summed E-state index contributed by atoms with van der Waals surface area (Å²) in [5.41, 5.74) is 8.45. The molecule has 1 aliphatic rings. The number of hydrogen-bond acceptors (Lipinski definition) is 7. The summed E-state index contributed by atoms with van der Waals surface area (Å²) in [5.74, 6) is 2.17. The molecule has 31 heavy (non-hydrogen) atoms. The van der Waals surface area contributed by atoms with E-state index in [2.05, 4.69) is 26.3 Å². The third-order valence-electron chi connectivity index (χ3n) is 5.48. The van der Waals surface area contributed by atoms with Gasteiger partial charge in [0.25, 0.3) is 0 Å². The molecule has 0 saturated heterocycles. The Bertz CT molecular complexity index is 502. The minimum atomic E-state index is 0.127. The number of amides is 1. The van der Waals surface area contributed by atoms with Gasteiger partial charge in [-0.25, -0.2) is 5.53 Å². The lowest BCUT2D eigenvalue weighted by Gasteiger charge is -2.05. The Balaban J connectivity index is 1.69. The first kappa shape index (κ1) is 27.8. The monoisotopic (exact) mass is 455 g/mol. The van der Waals surface area contributed by atoms with Gasteiger partial charge >= 0.3 is 0 Å². The summed E-state index contributed by atoms with van der Waals surface area (Å²) in [6.45, 7) is 1.61. The molecule has 0 aromatic carbocycles. The van der Waals surface area contributed by atoms with Crippen LogP contribution in [0.4, 0.5) is 0 Å². The van der Waals surface area contributed by atoms with Gasteiger partial charge in [0.1, 0.15) is 11.6 Å². The van der Waals surface area contributed by atoms with Gasteiger partial charge in [-0.3, -0.25) is 10.2 Å². The fourth-order valence-electron chi connectivity index (χ4n) is 3.62. The Morgan fingerprint density at radius 3 is 1.84 bits per heavy atom. The van der Waals surface area contributed by atoms with Crippen LogP contribution in [-0.4, -0.2) is 23.3 Å². The van der Waals surface area contributed by atoms with E-state index >= 15 is 0 Å². The molecule has 0 saturated carbocycles. The van der Waals surface area contributed by atoms with Gasteiger partial charge in [-0.2, -0.15) is 0 Å². The van der Waals surface area contributed by atoms with Crippen LogP contribution < -0.4 is 21.2 Å². The van der Waals surface area contributed by atoms with E-state index in [0.29, 0.717) is 12.8 Å². The summed E-state index contributed by atoms with van der Waals surface area (Å²) in [5, 5.41) is 4.08. The number of Topliss-reactive ketones (excluding diaryl/α,β-unsaturated/α-hetero) is 1. The molecule has 0 atom stereocenters. The first-order valence-corrected chi connectivity index (χ1v) is 13.4. The van der Waals surface area contributed by atoms with Crippen molar-refractivity contribution in [2.45, 2.75) is 122 Å². The number of hydrogen-bond donors (Lipinski definition) is 4. The molecule has 8 heteroatoms. The lowest BCUT2D eigenvalue weighted by atomic mass is 10.0. The molecule has 0 aromatic heterocycles. The van der Waals surface area contributed by atoms with Gasteiger partial charge in [0.05, 0.1) is 0 Å². The first-order valence-electron chi connectivity index (χ1n) is 12.4. The molecule has 1 aliphatic heterocycles. The first-order chi connectivity index (χ1) is 15.2. The Hall–Kier alpha value is -1.28. The lowest BCUT2D eigenvalue weighted by Crippen LogP contribution is -2.34. The number of unbranched alkanes of at least 4 members (excludes halogenated alkanes) is 13. The predicted octanol–water partition coefficient (Wildman–Crippen LogP) is 5.29. The highest BCUT2D eigenvalue weighted by molar-refractivity contribution is 7.97. The number of rotatable bonds is 22. The molecule has 4 N–H and O–H groups in total. The SMILES string of the molecule is CC(=O)CCCSNC(=O)CCCCCCCCCCCCCCCCC1=NNNN1. The van der Waals surface area contributed by atoms with E-state index in [1.54, 1.807) is 6.92 Å². The van der Waals surface area contributed by atoms with Crippen LogP contribution in [0.1, 0.15) is 122 Å². The maximum atomic E-state index is 11.7. The molecule has 0 spiro atoms. The third kappa shape index (κ3) is 19.2. The van der Waals surface area contributed by atoms with E-state index in [4.69, 9.17) is 0 Å². The highest BCUT2D eigenvalue weighted by Crippen LogP contribution is 2.14. The van der Waals surface area contributed by atoms with Crippen LogP contribution >= 0.6 is 11.9 Å². The molecule has 0 aliphatic carbocycles. The van der Waals surface area contributed by atoms with E-state index in [9.17, 15) is 9.59 Å². The van der Waals surface area contributed by atoms with Gasteiger partial charge in [-0.05, 0) is 26.2 Å². The normalized spacial score (nSPS) is 12.9. The fourth-order valence-corrected chi connectivity index (χ4v) is 4.27. The maximum Gasteiger partial charge on any atom is 0.229 e. The molecule has 0 fully saturated rings. The van der Waals surface area contributed by atoms with Crippen LogP contribution in [0.5, 0.6) is 0 Å². The van der Waals surface area contributed by atoms with Crippen LogP contribution in [0.2, 0.25) is 0 Å². The van der Waals surface area contributed by atoms with Crippen LogP contribution in [0.3, 0.4) is 0 Å². The van der Waals surface area contributed by atoms with Crippen molar-refractivity contribution in [2.75, 3.05) is 5.75 Å². The second-order valence-electron chi connectivity index (χ2n) is 8.55. The van der Waals surface area contributed by atoms with Crippen LogP contribution in [0.15, 0.2) is 5.10 Å². The highest BCUT2D eigenvalue weighted by Gasteiger charge is 2.03. The fraction of sp³-hybridized carbons (Fsp3) is 0.870. The number of carbonyl (C=O) groups excluding carboxylic acids is 2. The van der Waals surface area contributed by atoms with Crippen molar-refractivity contribution in [3.63, 3.8) is 0 Å². The maximum absolute atomic E-state index is 11.7. The molecule has 1 rings (SSSR count). The van der Waals surface area contributed by atoms with Gasteiger partial charge in [0.2, 0.25) is 5.91 Å². The third-order valence-corrected chi connectivity index (χ3v) is 6.35. The standard InChI is InChI=1S/C23H45N5O2S/c1-21(29)17-16-20-31-26-23(30)19-15-13-11-9-7-5-3-2-4-6-8-10-12-14-18-22-24-27-28-25-22/h27-28H,2-20H2,1H3,(H,24,25)(H,26,30). The second-order valence-corrected chi connectivity index (χ2v) is 9.45. The summed E-state index contributed by atoms with van der Waals surface area (Å²) >= 11 is 1.43. The van der Waals surface area contributed by atoms with Crippen LogP contribution in [-0.2, 0) is 9.59 Å². The number of hydrazone groups is 1. The summed E-state index contributed by atoms with van der Waals surface area (Å²) in [4.78, 5) is 22.6. The number of nitrogens with one attached hydrogen (secondary N) is 4. The molecule has 0 radical (unpaired) electrons. The average molecular weight is 456 g/mol. The van der Waals surface area contributed by atoms with E-state index in [0.717, 1.165) is 37.3 Å². The number of nitrogens with zero attached hydrogens (tertiary/aromatic N) is 1. The van der Waals surface area contributed by atoms with Gasteiger partial charge in [-0.15, -0.1) is 10.6 Å². The van der Waals surface area contributed by atoms with Crippen molar-refractivity contribution in [2.24, 2.45) is 5.10 Å². The van der Waals surface area contributed by atoms with Gasteiger partial charge < -0.3 is 9.52 Å². The van der Waals surface area contributed by atoms with Crippen molar-refractivity contribution < 1.29 is 9.59 Å². The topological polar surface area (TPSA) is 94.6 Å². The molecule has 0 aromatic rings. The van der Waals surface area contributed by atoms with E-state index in [1.165, 1.54) is 89.0 Å². The van der Waals surface area contributed by atoms with Crippen molar-refractivity contribution >= 4 is 29.5 Å². The molecule has 180 valence electrons. The Kier molecular flexibility index (Phi) is 18.5. The molecule has 7 nitrogen and oxygen atoms in total. The molecule has 0 unspecified atom stereocenters. The van der Waals surface area contributed by atoms with Crippen LogP contribution in [0.25, 0.3) is 0 Å². The lowest BCUT2D eigenvalue weighted by molar-refractivity contribution is -0.119. The van der Waals surface area contributed by atoms with Gasteiger partial charge in [-0.1, -0.05) is 89.0 Å². The smallest absolute Gasteiger partial charge is 0.229 e. The summed E-state index contributed by atoms with van der Waals surface area (Å²) in [6, 6.07) is 0. The summed E-state index contributed by atoms with van der Waals surface area (Å²) in [6.07, 6.45) is 21.2. The van der Waals surface area contributed by atoms with E-state index in [-0.39, 0.29) is 11.7 Å². The van der Waals surface area contributed by atoms with Gasteiger partial charge in [0.15, 0.2) is 0 Å². The number of carbonyl (C=O) groups is 2. The molecule has 0 bridgehead atoms. The zero-order valence-corrected chi connectivity index (χ0v) is 20.4. The zero-order valence-electron chi connectivity index (χ0n) is 19.6. The number of ketones is 1. The van der Waals surface area contributed by atoms with Crippen molar-refractivity contribution in [1.82, 2.24) is 21.2 Å². The summed E-state index contributed by atoms with van der Waals surface area (Å²) < 4.78 is 2.87. The highest BCUT2D eigenvalue weighted by atomic mass is 32.2. The average Bonchev–Trinajstić information content (AvgIpc) is 3.26. The van der Waals surface area contributed by atoms with E-state index < -0.39 is 0 Å². The molecule has 1 amide bonds. The van der Waals surface area contributed by atoms with Crippen molar-refractivity contribution in [3.05, 3.63) is 0 Å². The Morgan fingerprint density at radius 1 is 0.774 bits per heavy atom. The quantitative estimate of drug-likeness (QED) is 0.131. The number of hydrazine groups is 2. The zero-order chi connectivity index (χ0) is 22.4. The number of amidine groups is 1. The van der Waals surface area contributed by atoms with E-state index in [1.807, 2.05) is 0 Å². The second kappa shape index (κ2) is 20.6. The Morgan fingerprint density at radius 2 is 1.32 bits per heavy atom. The molecular formula is C23H45N5O2S.